The zero-order chi connectivity index (χ0) is 25.2. The standard InChI is InChI=1S/C26H25ClN2O6/c1-3-33-26(32)35-23-11-7-19(8-12-23)25(31)29-21-6-4-5-18(15-21)16-28-24(30)17(2)34-22-13-9-20(27)10-14-22/h4-15,17H,3,16H2,1-2H3,(H,28,30)(H,29,31). The number of carbonyl (C=O) groups is 3. The lowest BCUT2D eigenvalue weighted by molar-refractivity contribution is -0.127. The molecule has 8 nitrogen and oxygen atoms in total. The first kappa shape index (κ1) is 25.6. The van der Waals surface area contributed by atoms with Crippen LogP contribution in [0.3, 0.4) is 0 Å². The normalized spacial score (nSPS) is 11.2. The molecule has 0 heterocycles. The molecule has 2 N–H and O–H groups in total. The van der Waals surface area contributed by atoms with E-state index < -0.39 is 12.3 Å². The Bertz CT molecular complexity index is 1170. The van der Waals surface area contributed by atoms with Crippen LogP contribution in [0, 0.1) is 0 Å². The van der Waals surface area contributed by atoms with Crippen molar-refractivity contribution in [1.82, 2.24) is 5.32 Å². The molecule has 3 aromatic rings. The summed E-state index contributed by atoms with van der Waals surface area (Å²) in [6.45, 7) is 3.80. The largest absolute Gasteiger partial charge is 0.513 e. The fourth-order valence-corrected chi connectivity index (χ4v) is 3.11. The average Bonchev–Trinajstić information content (AvgIpc) is 2.84. The van der Waals surface area contributed by atoms with Gasteiger partial charge in [-0.3, -0.25) is 9.59 Å². The average molecular weight is 497 g/mol. The van der Waals surface area contributed by atoms with Gasteiger partial charge in [-0.1, -0.05) is 23.7 Å². The highest BCUT2D eigenvalue weighted by Crippen LogP contribution is 2.18. The summed E-state index contributed by atoms with van der Waals surface area (Å²) >= 11 is 5.86. The predicted octanol–water partition coefficient (Wildman–Crippen LogP) is 5.21. The Morgan fingerprint density at radius 2 is 1.63 bits per heavy atom. The number of nitrogens with one attached hydrogen (secondary N) is 2. The fraction of sp³-hybridized carbons (Fsp3) is 0.192. The van der Waals surface area contributed by atoms with Gasteiger partial charge in [-0.2, -0.15) is 0 Å². The summed E-state index contributed by atoms with van der Waals surface area (Å²) < 4.78 is 15.3. The summed E-state index contributed by atoms with van der Waals surface area (Å²) in [5.41, 5.74) is 1.75. The molecule has 0 aromatic heterocycles. The summed E-state index contributed by atoms with van der Waals surface area (Å²) in [4.78, 5) is 36.3. The summed E-state index contributed by atoms with van der Waals surface area (Å²) in [7, 11) is 0. The van der Waals surface area contributed by atoms with Crippen LogP contribution >= 0.6 is 11.6 Å². The zero-order valence-electron chi connectivity index (χ0n) is 19.2. The molecule has 1 atom stereocenters. The lowest BCUT2D eigenvalue weighted by Crippen LogP contribution is -2.35. The van der Waals surface area contributed by atoms with Gasteiger partial charge in [0, 0.05) is 22.8 Å². The predicted molar refractivity (Wildman–Crippen MR) is 132 cm³/mol. The summed E-state index contributed by atoms with van der Waals surface area (Å²) in [6.07, 6.45) is -1.51. The number of hydrogen-bond acceptors (Lipinski definition) is 6. The minimum absolute atomic E-state index is 0.207. The minimum atomic E-state index is -0.806. The Labute approximate surface area is 208 Å². The molecule has 0 radical (unpaired) electrons. The molecule has 0 aliphatic heterocycles. The van der Waals surface area contributed by atoms with Crippen molar-refractivity contribution in [2.24, 2.45) is 0 Å². The molecular formula is C26H25ClN2O6. The van der Waals surface area contributed by atoms with Crippen LogP contribution in [0.5, 0.6) is 11.5 Å². The third-order valence-corrected chi connectivity index (χ3v) is 4.98. The van der Waals surface area contributed by atoms with Gasteiger partial charge >= 0.3 is 6.16 Å². The SMILES string of the molecule is CCOC(=O)Oc1ccc(C(=O)Nc2cccc(CNC(=O)C(C)Oc3ccc(Cl)cc3)c2)cc1. The molecule has 0 saturated carbocycles. The fourth-order valence-electron chi connectivity index (χ4n) is 2.98. The number of halogens is 1. The first-order chi connectivity index (χ1) is 16.8. The van der Waals surface area contributed by atoms with Crippen molar-refractivity contribution in [3.63, 3.8) is 0 Å². The summed E-state index contributed by atoms with van der Waals surface area (Å²) in [6, 6.07) is 20.0. The van der Waals surface area contributed by atoms with E-state index in [9.17, 15) is 14.4 Å². The van der Waals surface area contributed by atoms with E-state index in [-0.39, 0.29) is 30.7 Å². The summed E-state index contributed by atoms with van der Waals surface area (Å²) in [5.74, 6) is 0.202. The van der Waals surface area contributed by atoms with E-state index >= 15 is 0 Å². The van der Waals surface area contributed by atoms with Gasteiger partial charge in [0.15, 0.2) is 6.10 Å². The third kappa shape index (κ3) is 8.04. The molecule has 1 unspecified atom stereocenters. The molecule has 0 spiro atoms. The van der Waals surface area contributed by atoms with Crippen LogP contribution in [-0.4, -0.2) is 30.7 Å². The first-order valence-electron chi connectivity index (χ1n) is 10.9. The Morgan fingerprint density at radius 1 is 0.943 bits per heavy atom. The van der Waals surface area contributed by atoms with E-state index in [1.165, 1.54) is 24.3 Å². The van der Waals surface area contributed by atoms with Crippen LogP contribution in [0.15, 0.2) is 72.8 Å². The number of benzene rings is 3. The van der Waals surface area contributed by atoms with Crippen LogP contribution < -0.4 is 20.1 Å². The van der Waals surface area contributed by atoms with Gasteiger partial charge in [0.2, 0.25) is 0 Å². The second-order valence-corrected chi connectivity index (χ2v) is 7.83. The number of hydrogen-bond donors (Lipinski definition) is 2. The van der Waals surface area contributed by atoms with Gasteiger partial charge in [0.1, 0.15) is 11.5 Å². The molecule has 3 aromatic carbocycles. The van der Waals surface area contributed by atoms with Crippen molar-refractivity contribution in [2.75, 3.05) is 11.9 Å². The van der Waals surface area contributed by atoms with E-state index in [0.29, 0.717) is 22.0 Å². The number of amides is 2. The third-order valence-electron chi connectivity index (χ3n) is 4.73. The highest BCUT2D eigenvalue weighted by molar-refractivity contribution is 6.30. The van der Waals surface area contributed by atoms with Crippen LogP contribution in [-0.2, 0) is 16.1 Å². The highest BCUT2D eigenvalue weighted by Gasteiger charge is 2.15. The van der Waals surface area contributed by atoms with Gasteiger partial charge in [0.25, 0.3) is 11.8 Å². The van der Waals surface area contributed by atoms with Crippen molar-refractivity contribution in [2.45, 2.75) is 26.5 Å². The smallest absolute Gasteiger partial charge is 0.481 e. The lowest BCUT2D eigenvalue weighted by Gasteiger charge is -2.15. The monoisotopic (exact) mass is 496 g/mol. The van der Waals surface area contributed by atoms with E-state index in [4.69, 9.17) is 25.8 Å². The topological polar surface area (TPSA) is 103 Å². The van der Waals surface area contributed by atoms with Crippen LogP contribution in [0.25, 0.3) is 0 Å². The molecule has 0 bridgehead atoms. The maximum Gasteiger partial charge on any atom is 0.513 e. The Kier molecular flexibility index (Phi) is 9.09. The van der Waals surface area contributed by atoms with Gasteiger partial charge in [-0.15, -0.1) is 0 Å². The van der Waals surface area contributed by atoms with Crippen LogP contribution in [0.4, 0.5) is 10.5 Å². The molecule has 2 amide bonds. The molecule has 3 rings (SSSR count). The van der Waals surface area contributed by atoms with E-state index in [1.54, 1.807) is 56.3 Å². The van der Waals surface area contributed by atoms with Crippen molar-refractivity contribution >= 4 is 35.3 Å². The van der Waals surface area contributed by atoms with Gasteiger partial charge in [-0.25, -0.2) is 4.79 Å². The molecule has 182 valence electrons. The van der Waals surface area contributed by atoms with E-state index in [0.717, 1.165) is 5.56 Å². The summed E-state index contributed by atoms with van der Waals surface area (Å²) in [5, 5.41) is 6.21. The highest BCUT2D eigenvalue weighted by atomic mass is 35.5. The molecule has 0 saturated heterocycles. The molecule has 9 heteroatoms. The number of ether oxygens (including phenoxy) is 3. The number of anilines is 1. The zero-order valence-corrected chi connectivity index (χ0v) is 20.0. The second-order valence-electron chi connectivity index (χ2n) is 7.40. The molecule has 0 aliphatic rings. The molecule has 35 heavy (non-hydrogen) atoms. The Hall–Kier alpha value is -4.04. The van der Waals surface area contributed by atoms with Crippen molar-refractivity contribution < 1.29 is 28.6 Å². The Balaban J connectivity index is 1.52. The Morgan fingerprint density at radius 3 is 2.31 bits per heavy atom. The van der Waals surface area contributed by atoms with E-state index in [1.807, 2.05) is 6.07 Å². The van der Waals surface area contributed by atoms with Crippen molar-refractivity contribution in [1.29, 1.82) is 0 Å². The van der Waals surface area contributed by atoms with Gasteiger partial charge < -0.3 is 24.8 Å². The molecular weight excluding hydrogens is 472 g/mol. The van der Waals surface area contributed by atoms with Crippen molar-refractivity contribution in [3.8, 4) is 11.5 Å². The second kappa shape index (κ2) is 12.4. The maximum atomic E-state index is 12.6. The minimum Gasteiger partial charge on any atom is -0.481 e. The first-order valence-corrected chi connectivity index (χ1v) is 11.3. The van der Waals surface area contributed by atoms with Gasteiger partial charge in [0.05, 0.1) is 6.61 Å². The lowest BCUT2D eigenvalue weighted by atomic mass is 10.1. The molecule has 0 aliphatic carbocycles. The maximum absolute atomic E-state index is 12.6. The van der Waals surface area contributed by atoms with E-state index in [2.05, 4.69) is 10.6 Å². The van der Waals surface area contributed by atoms with Crippen LogP contribution in [0.1, 0.15) is 29.8 Å². The number of carbonyl (C=O) groups excluding carboxylic acids is 3. The number of rotatable bonds is 9. The molecule has 0 fully saturated rings. The van der Waals surface area contributed by atoms with Gasteiger partial charge in [-0.05, 0) is 80.1 Å². The quantitative estimate of drug-likeness (QED) is 0.311. The van der Waals surface area contributed by atoms with Crippen molar-refractivity contribution in [3.05, 3.63) is 88.9 Å². The van der Waals surface area contributed by atoms with Crippen LogP contribution in [0.2, 0.25) is 5.02 Å².